The van der Waals surface area contributed by atoms with Crippen molar-refractivity contribution < 1.29 is 5.11 Å². The van der Waals surface area contributed by atoms with E-state index >= 15 is 0 Å². The summed E-state index contributed by atoms with van der Waals surface area (Å²) < 4.78 is 0. The van der Waals surface area contributed by atoms with Crippen molar-refractivity contribution in [2.24, 2.45) is 4.99 Å². The molecule has 8 heavy (non-hydrogen) atoms. The summed E-state index contributed by atoms with van der Waals surface area (Å²) in [6, 6.07) is 0. The van der Waals surface area contributed by atoms with Crippen LogP contribution in [0, 0.1) is 0 Å². The molecule has 1 radical (unpaired) electrons. The predicted octanol–water partition coefficient (Wildman–Crippen LogP) is 0.288. The van der Waals surface area contributed by atoms with E-state index in [1.165, 1.54) is 12.3 Å². The Labute approximate surface area is 52.5 Å². The predicted molar refractivity (Wildman–Crippen MR) is 34.1 cm³/mol. The van der Waals surface area contributed by atoms with E-state index in [2.05, 4.69) is 22.9 Å². The van der Waals surface area contributed by atoms with Gasteiger partial charge in [-0.05, 0) is 0 Å². The fourth-order valence-corrected chi connectivity index (χ4v) is 0.577. The summed E-state index contributed by atoms with van der Waals surface area (Å²) >= 11 is 3.86. The maximum absolute atomic E-state index is 8.63. The molecule has 1 unspecified atom stereocenters. The molecule has 0 amide bonds. The van der Waals surface area contributed by atoms with Gasteiger partial charge in [-0.2, -0.15) is 0 Å². The third-order valence-corrected chi connectivity index (χ3v) is 0.940. The van der Waals surface area contributed by atoms with Crippen LogP contribution in [-0.4, -0.2) is 16.5 Å². The summed E-state index contributed by atoms with van der Waals surface area (Å²) in [5.74, 6) is -0.0139. The summed E-state index contributed by atoms with van der Waals surface area (Å²) in [6.07, 6.45) is 2.88. The van der Waals surface area contributed by atoms with Gasteiger partial charge in [0.2, 0.25) is 5.90 Å². The first-order valence-electron chi connectivity index (χ1n) is 2.10. The van der Waals surface area contributed by atoms with Crippen LogP contribution in [0.4, 0.5) is 0 Å². The van der Waals surface area contributed by atoms with Crippen LogP contribution in [-0.2, 0) is 0 Å². The van der Waals surface area contributed by atoms with E-state index in [9.17, 15) is 0 Å². The topological polar surface area (TPSA) is 46.7 Å². The van der Waals surface area contributed by atoms with Crippen molar-refractivity contribution in [3.63, 3.8) is 0 Å². The van der Waals surface area contributed by atoms with Crippen LogP contribution < -0.4 is 5.32 Å². The lowest BCUT2D eigenvalue weighted by Gasteiger charge is -2.05. The van der Waals surface area contributed by atoms with E-state index in [0.717, 1.165) is 0 Å². The molecule has 1 atom stereocenters. The van der Waals surface area contributed by atoms with Crippen LogP contribution in [0.3, 0.4) is 0 Å². The monoisotopic (exact) mass is 129 g/mol. The summed E-state index contributed by atoms with van der Waals surface area (Å²) in [6.45, 7) is 0. The second kappa shape index (κ2) is 2.09. The van der Waals surface area contributed by atoms with E-state index in [-0.39, 0.29) is 5.90 Å². The van der Waals surface area contributed by atoms with E-state index in [1.807, 2.05) is 0 Å². The van der Waals surface area contributed by atoms with Gasteiger partial charge in [0.25, 0.3) is 0 Å². The molecule has 0 bridgehead atoms. The third kappa shape index (κ3) is 1.16. The van der Waals surface area contributed by atoms with Crippen molar-refractivity contribution in [3.8, 4) is 0 Å². The van der Waals surface area contributed by atoms with Crippen molar-refractivity contribution in [1.82, 2.24) is 5.32 Å². The second-order valence-electron chi connectivity index (χ2n) is 1.30. The first-order valence-corrected chi connectivity index (χ1v) is 2.62. The van der Waals surface area contributed by atoms with Gasteiger partial charge in [0.15, 0.2) is 5.50 Å². The van der Waals surface area contributed by atoms with Crippen molar-refractivity contribution >= 4 is 18.5 Å². The van der Waals surface area contributed by atoms with Gasteiger partial charge < -0.3 is 5.11 Å². The van der Waals surface area contributed by atoms with Crippen LogP contribution in [0.15, 0.2) is 17.3 Å². The Morgan fingerprint density at radius 2 is 2.50 bits per heavy atom. The molecular formula is C4H5N2OS. The standard InChI is InChI=1S/C4H5N2OS/c7-3-1-2-5-4(8)6-3/h1-2,4,8H,(H,6,7). The number of aliphatic hydroxyl groups is 1. The molecule has 1 heterocycles. The van der Waals surface area contributed by atoms with Crippen LogP contribution in [0.5, 0.6) is 0 Å². The number of thiol groups is 1. The van der Waals surface area contributed by atoms with Crippen LogP contribution >= 0.6 is 12.6 Å². The summed E-state index contributed by atoms with van der Waals surface area (Å²) in [7, 11) is 0. The summed E-state index contributed by atoms with van der Waals surface area (Å²) in [4.78, 5) is 3.57. The lowest BCUT2D eigenvalue weighted by Crippen LogP contribution is -2.14. The highest BCUT2D eigenvalue weighted by Gasteiger charge is 2.02. The minimum Gasteiger partial charge on any atom is -0.493 e. The Morgan fingerprint density at radius 1 is 1.75 bits per heavy atom. The number of hydrogen-bond acceptors (Lipinski definition) is 2. The Balaban J connectivity index is 2.63. The molecule has 0 fully saturated rings. The van der Waals surface area contributed by atoms with Gasteiger partial charge in [-0.15, -0.1) is 12.6 Å². The fourth-order valence-electron chi connectivity index (χ4n) is 0.381. The van der Waals surface area contributed by atoms with Crippen molar-refractivity contribution in [2.45, 2.75) is 5.50 Å². The van der Waals surface area contributed by atoms with Gasteiger partial charge in [-0.25, -0.2) is 4.99 Å². The molecule has 4 heteroatoms. The average molecular weight is 129 g/mol. The molecule has 1 N–H and O–H groups in total. The van der Waals surface area contributed by atoms with Gasteiger partial charge in [-0.3, -0.25) is 5.32 Å². The molecule has 0 spiro atoms. The van der Waals surface area contributed by atoms with Gasteiger partial charge >= 0.3 is 0 Å². The first-order chi connectivity index (χ1) is 3.79. The Morgan fingerprint density at radius 3 is 2.88 bits per heavy atom. The minimum atomic E-state index is -0.417. The zero-order valence-corrected chi connectivity index (χ0v) is 4.92. The molecule has 0 saturated heterocycles. The molecule has 43 valence electrons. The molecule has 3 nitrogen and oxygen atoms in total. The van der Waals surface area contributed by atoms with E-state index < -0.39 is 5.50 Å². The van der Waals surface area contributed by atoms with Crippen molar-refractivity contribution in [2.75, 3.05) is 0 Å². The van der Waals surface area contributed by atoms with Crippen LogP contribution in [0.25, 0.3) is 0 Å². The maximum Gasteiger partial charge on any atom is 0.210 e. The molecule has 0 aromatic carbocycles. The van der Waals surface area contributed by atoms with E-state index in [1.54, 1.807) is 0 Å². The molecule has 1 rings (SSSR count). The first kappa shape index (κ1) is 5.50. The van der Waals surface area contributed by atoms with E-state index in [4.69, 9.17) is 5.11 Å². The highest BCUT2D eigenvalue weighted by Crippen LogP contribution is 1.98. The zero-order valence-electron chi connectivity index (χ0n) is 4.02. The minimum absolute atomic E-state index is 0.0139. The van der Waals surface area contributed by atoms with Gasteiger partial charge in [0, 0.05) is 12.3 Å². The van der Waals surface area contributed by atoms with Crippen molar-refractivity contribution in [1.29, 1.82) is 0 Å². The molecule has 0 saturated carbocycles. The largest absolute Gasteiger partial charge is 0.493 e. The maximum atomic E-state index is 8.63. The lowest BCUT2D eigenvalue weighted by atomic mass is 10.5. The van der Waals surface area contributed by atoms with Gasteiger partial charge in [0.1, 0.15) is 0 Å². The lowest BCUT2D eigenvalue weighted by molar-refractivity contribution is 0.543. The van der Waals surface area contributed by atoms with Gasteiger partial charge in [0.05, 0.1) is 0 Å². The SMILES string of the molecule is OC1=NC(S)[N]C=C1. The highest BCUT2D eigenvalue weighted by atomic mass is 32.1. The quantitative estimate of drug-likeness (QED) is 0.454. The number of nitrogens with zero attached hydrogens (tertiary/aromatic N) is 2. The second-order valence-corrected chi connectivity index (χ2v) is 1.76. The summed E-state index contributed by atoms with van der Waals surface area (Å²) in [5.41, 5.74) is -0.417. The molecule has 0 aromatic rings. The Kier molecular flexibility index (Phi) is 1.43. The molecule has 0 aliphatic carbocycles. The number of aliphatic hydroxyl groups excluding tert-OH is 1. The normalized spacial score (nSPS) is 26.6. The average Bonchev–Trinajstić information content (AvgIpc) is 1.64. The zero-order chi connectivity index (χ0) is 5.98. The third-order valence-electron chi connectivity index (χ3n) is 0.691. The fraction of sp³-hybridized carbons (Fsp3) is 0.250. The van der Waals surface area contributed by atoms with Gasteiger partial charge in [-0.1, -0.05) is 0 Å². The molecule has 0 aromatic heterocycles. The molecule has 1 aliphatic heterocycles. The molecular weight excluding hydrogens is 124 g/mol. The number of hydrogen-bond donors (Lipinski definition) is 2. The summed E-state index contributed by atoms with van der Waals surface area (Å²) in [5, 5.41) is 12.4. The molecule has 1 aliphatic rings. The van der Waals surface area contributed by atoms with Crippen LogP contribution in [0.1, 0.15) is 0 Å². The van der Waals surface area contributed by atoms with Crippen LogP contribution in [0.2, 0.25) is 0 Å². The smallest absolute Gasteiger partial charge is 0.210 e. The number of rotatable bonds is 0. The highest BCUT2D eigenvalue weighted by molar-refractivity contribution is 7.80. The Hall–Kier alpha value is -0.640. The van der Waals surface area contributed by atoms with E-state index in [0.29, 0.717) is 0 Å². The Bertz CT molecular complexity index is 143. The number of aliphatic imine (C=N–C) groups is 1. The van der Waals surface area contributed by atoms with Crippen molar-refractivity contribution in [3.05, 3.63) is 12.3 Å².